The molecule has 11 nitrogen and oxygen atoms in total. The van der Waals surface area contributed by atoms with Crippen molar-refractivity contribution < 1.29 is 17.9 Å². The van der Waals surface area contributed by atoms with Crippen LogP contribution in [0.5, 0.6) is 0 Å². The first-order valence-corrected chi connectivity index (χ1v) is 11.0. The van der Waals surface area contributed by atoms with Gasteiger partial charge in [-0.1, -0.05) is 0 Å². The summed E-state index contributed by atoms with van der Waals surface area (Å²) in [5.74, 6) is 0.796. The Kier molecular flexibility index (Phi) is 6.79. The zero-order chi connectivity index (χ0) is 24.5. The Hall–Kier alpha value is -3.13. The molecule has 186 valence electrons. The topological polar surface area (TPSA) is 127 Å². The molecule has 0 amide bonds. The number of hydrogen-bond acceptors (Lipinski definition) is 8. The number of anilines is 2. The Morgan fingerprint density at radius 1 is 1.03 bits per heavy atom. The molecule has 2 saturated heterocycles. The van der Waals surface area contributed by atoms with E-state index < -0.39 is 12.7 Å². The third kappa shape index (κ3) is 5.33. The molecule has 14 heteroatoms. The third-order valence-electron chi connectivity index (χ3n) is 5.75. The smallest absolute Gasteiger partial charge is 0.378 e. The molecule has 0 bridgehead atoms. The molecule has 0 aliphatic carbocycles. The summed E-state index contributed by atoms with van der Waals surface area (Å²) in [5.41, 5.74) is 11.8. The number of hydrogen-bond donors (Lipinski definition) is 2. The number of guanidine groups is 1. The lowest BCUT2D eigenvalue weighted by Gasteiger charge is -2.33. The van der Waals surface area contributed by atoms with Crippen molar-refractivity contribution in [3.63, 3.8) is 0 Å². The van der Waals surface area contributed by atoms with E-state index >= 15 is 0 Å². The van der Waals surface area contributed by atoms with Gasteiger partial charge in [0.2, 0.25) is 5.95 Å². The van der Waals surface area contributed by atoms with Gasteiger partial charge >= 0.3 is 6.18 Å². The van der Waals surface area contributed by atoms with Crippen molar-refractivity contribution in [1.82, 2.24) is 24.4 Å². The number of nitrogens with zero attached hydrogens (tertiary/aromatic N) is 8. The van der Waals surface area contributed by atoms with Crippen LogP contribution in [0, 0.1) is 0 Å². The van der Waals surface area contributed by atoms with Gasteiger partial charge in [0, 0.05) is 51.0 Å². The minimum absolute atomic E-state index is 0.121. The standard InChI is InChI=1S/C20H29F3N10O/c1-13(11-26-18(24)25)15-28-16(31-7-9-34-10-8-31)14-17(29-15)33(12-20(21,22)23)19(27-14)32-5-3-30(2)4-6-32/h11H,3-10,12H2,1-2H3,(H4,24,25,26)/b13-11+. The maximum Gasteiger partial charge on any atom is 0.406 e. The molecule has 2 aliphatic heterocycles. The molecule has 0 saturated carbocycles. The van der Waals surface area contributed by atoms with E-state index in [1.165, 1.54) is 6.20 Å². The maximum absolute atomic E-state index is 13.7. The van der Waals surface area contributed by atoms with E-state index in [1.54, 1.807) is 6.92 Å². The molecule has 2 fully saturated rings. The second kappa shape index (κ2) is 9.62. The second-order valence-electron chi connectivity index (χ2n) is 8.41. The Bertz CT molecular complexity index is 1080. The number of allylic oxidation sites excluding steroid dienone is 1. The highest BCUT2D eigenvalue weighted by atomic mass is 19.4. The number of fused-ring (bicyclic) bond motifs is 1. The van der Waals surface area contributed by atoms with E-state index in [4.69, 9.17) is 16.2 Å². The van der Waals surface area contributed by atoms with Gasteiger partial charge in [0.05, 0.1) is 13.2 Å². The van der Waals surface area contributed by atoms with Gasteiger partial charge in [-0.05, 0) is 14.0 Å². The summed E-state index contributed by atoms with van der Waals surface area (Å²) in [6.07, 6.45) is -3.06. The monoisotopic (exact) mass is 482 g/mol. The molecule has 0 aromatic carbocycles. The molecule has 4 heterocycles. The normalized spacial score (nSPS) is 18.6. The molecule has 0 spiro atoms. The van der Waals surface area contributed by atoms with Crippen LogP contribution in [0.1, 0.15) is 12.7 Å². The lowest BCUT2D eigenvalue weighted by molar-refractivity contribution is -0.139. The van der Waals surface area contributed by atoms with Crippen molar-refractivity contribution in [3.05, 3.63) is 12.0 Å². The van der Waals surface area contributed by atoms with E-state index in [2.05, 4.69) is 24.8 Å². The Balaban J connectivity index is 1.91. The SMILES string of the molecule is C/C(=C\N=C(N)N)c1nc(N2CCOCC2)c2nc(N3CCN(C)CC3)n(CC(F)(F)F)c2n1. The average molecular weight is 483 g/mol. The van der Waals surface area contributed by atoms with Crippen LogP contribution in [0.2, 0.25) is 0 Å². The average Bonchev–Trinajstić information content (AvgIpc) is 3.14. The van der Waals surface area contributed by atoms with Gasteiger partial charge < -0.3 is 30.9 Å². The Morgan fingerprint density at radius 3 is 2.32 bits per heavy atom. The first kappa shape index (κ1) is 24.0. The van der Waals surface area contributed by atoms with E-state index in [-0.39, 0.29) is 23.4 Å². The van der Waals surface area contributed by atoms with Crippen LogP contribution in [-0.2, 0) is 11.3 Å². The van der Waals surface area contributed by atoms with Crippen molar-refractivity contribution in [2.24, 2.45) is 16.5 Å². The number of alkyl halides is 3. The summed E-state index contributed by atoms with van der Waals surface area (Å²) in [4.78, 5) is 23.7. The molecule has 4 N–H and O–H groups in total. The number of aromatic nitrogens is 4. The molecule has 0 atom stereocenters. The molecule has 0 radical (unpaired) electrons. The first-order valence-electron chi connectivity index (χ1n) is 11.0. The van der Waals surface area contributed by atoms with Gasteiger partial charge in [-0.15, -0.1) is 0 Å². The fourth-order valence-electron chi connectivity index (χ4n) is 3.95. The van der Waals surface area contributed by atoms with Crippen LogP contribution in [0.3, 0.4) is 0 Å². The quantitative estimate of drug-likeness (QED) is 0.466. The van der Waals surface area contributed by atoms with E-state index in [0.717, 1.165) is 17.7 Å². The molecule has 2 aliphatic rings. The highest BCUT2D eigenvalue weighted by Gasteiger charge is 2.34. The Morgan fingerprint density at radius 2 is 1.71 bits per heavy atom. The Labute approximate surface area is 194 Å². The maximum atomic E-state index is 13.7. The number of halogens is 3. The highest BCUT2D eigenvalue weighted by Crippen LogP contribution is 2.33. The lowest BCUT2D eigenvalue weighted by Crippen LogP contribution is -2.45. The molecule has 4 rings (SSSR count). The molecule has 2 aromatic heterocycles. The summed E-state index contributed by atoms with van der Waals surface area (Å²) in [7, 11) is 1.98. The number of aliphatic imine (C=N–C) groups is 1. The summed E-state index contributed by atoms with van der Waals surface area (Å²) in [6.45, 7) is 5.12. The first-order chi connectivity index (χ1) is 16.1. The molecule has 34 heavy (non-hydrogen) atoms. The predicted molar refractivity (Wildman–Crippen MR) is 124 cm³/mol. The number of imidazole rings is 1. The lowest BCUT2D eigenvalue weighted by atomic mass is 10.3. The van der Waals surface area contributed by atoms with E-state index in [9.17, 15) is 13.2 Å². The van der Waals surface area contributed by atoms with Crippen molar-refractivity contribution in [2.45, 2.75) is 19.6 Å². The van der Waals surface area contributed by atoms with Gasteiger partial charge in [0.25, 0.3) is 0 Å². The van der Waals surface area contributed by atoms with Crippen molar-refractivity contribution >= 4 is 34.5 Å². The third-order valence-corrected chi connectivity index (χ3v) is 5.75. The van der Waals surface area contributed by atoms with Gasteiger partial charge in [-0.3, -0.25) is 4.57 Å². The van der Waals surface area contributed by atoms with Gasteiger partial charge in [-0.2, -0.15) is 13.2 Å². The van der Waals surface area contributed by atoms with Crippen molar-refractivity contribution in [2.75, 3.05) is 69.3 Å². The van der Waals surface area contributed by atoms with Crippen molar-refractivity contribution in [1.29, 1.82) is 0 Å². The zero-order valence-corrected chi connectivity index (χ0v) is 19.2. The summed E-state index contributed by atoms with van der Waals surface area (Å²) in [5, 5.41) is 0. The van der Waals surface area contributed by atoms with E-state index in [1.807, 2.05) is 16.8 Å². The van der Waals surface area contributed by atoms with Crippen LogP contribution in [0.25, 0.3) is 16.7 Å². The van der Waals surface area contributed by atoms with Crippen LogP contribution < -0.4 is 21.3 Å². The van der Waals surface area contributed by atoms with Gasteiger partial charge in [0.1, 0.15) is 6.54 Å². The van der Waals surface area contributed by atoms with Crippen LogP contribution >= 0.6 is 0 Å². The second-order valence-corrected chi connectivity index (χ2v) is 8.41. The zero-order valence-electron chi connectivity index (χ0n) is 19.2. The number of nitrogens with two attached hydrogens (primary N) is 2. The van der Waals surface area contributed by atoms with Crippen LogP contribution in [0.4, 0.5) is 24.9 Å². The molecule has 2 aromatic rings. The highest BCUT2D eigenvalue weighted by molar-refractivity contribution is 5.88. The van der Waals surface area contributed by atoms with Gasteiger partial charge in [0.15, 0.2) is 28.8 Å². The number of likely N-dealkylation sites (N-methyl/N-ethyl adjacent to an activating group) is 1. The number of rotatable bonds is 5. The number of morpholine rings is 1. The molecular formula is C20H29F3N10O. The minimum Gasteiger partial charge on any atom is -0.378 e. The van der Waals surface area contributed by atoms with Crippen molar-refractivity contribution in [3.8, 4) is 0 Å². The van der Waals surface area contributed by atoms with Crippen LogP contribution in [-0.4, -0.2) is 96.1 Å². The largest absolute Gasteiger partial charge is 0.406 e. The fourth-order valence-corrected chi connectivity index (χ4v) is 3.95. The number of piperazine rings is 1. The van der Waals surface area contributed by atoms with E-state index in [0.29, 0.717) is 56.3 Å². The predicted octanol–water partition coefficient (Wildman–Crippen LogP) is 0.611. The number of ether oxygens (including phenoxy) is 1. The fraction of sp³-hybridized carbons (Fsp3) is 0.600. The summed E-state index contributed by atoms with van der Waals surface area (Å²) in [6, 6.07) is 0. The van der Waals surface area contributed by atoms with Gasteiger partial charge in [-0.25, -0.2) is 19.9 Å². The molecular weight excluding hydrogens is 453 g/mol. The minimum atomic E-state index is -4.46. The summed E-state index contributed by atoms with van der Waals surface area (Å²) < 4.78 is 47.6. The molecule has 0 unspecified atom stereocenters. The summed E-state index contributed by atoms with van der Waals surface area (Å²) >= 11 is 0. The van der Waals surface area contributed by atoms with Crippen LogP contribution in [0.15, 0.2) is 11.2 Å².